The smallest absolute Gasteiger partial charge is 0.0660 e. The summed E-state index contributed by atoms with van der Waals surface area (Å²) >= 11 is 0. The maximum atomic E-state index is 2.54. The van der Waals surface area contributed by atoms with Crippen molar-refractivity contribution in [3.8, 4) is 27.9 Å². The van der Waals surface area contributed by atoms with Crippen LogP contribution in [0.1, 0.15) is 12.8 Å². The van der Waals surface area contributed by atoms with Crippen LogP contribution in [0.3, 0.4) is 0 Å². The highest BCUT2D eigenvalue weighted by atomic mass is 15.1. The van der Waals surface area contributed by atoms with E-state index in [9.17, 15) is 0 Å². The van der Waals surface area contributed by atoms with Crippen LogP contribution in [0.25, 0.3) is 78.2 Å². The molecule has 0 N–H and O–H groups in total. The van der Waals surface area contributed by atoms with Crippen LogP contribution >= 0.6 is 0 Å². The Balaban J connectivity index is 1.18. The summed E-state index contributed by atoms with van der Waals surface area (Å²) in [4.78, 5) is 2.39. The summed E-state index contributed by atoms with van der Waals surface area (Å²) in [5.41, 5.74) is 12.9. The Kier molecular flexibility index (Phi) is 7.96. The van der Waals surface area contributed by atoms with Crippen molar-refractivity contribution in [3.63, 3.8) is 0 Å². The minimum atomic E-state index is 0.996. The fourth-order valence-electron chi connectivity index (χ4n) is 8.92. The van der Waals surface area contributed by atoms with Crippen LogP contribution < -0.4 is 15.6 Å². The lowest BCUT2D eigenvalue weighted by molar-refractivity contribution is 0.960. The molecule has 0 unspecified atom stereocenters. The predicted octanol–water partition coefficient (Wildman–Crippen LogP) is 12.9. The summed E-state index contributed by atoms with van der Waals surface area (Å²) in [6.07, 6.45) is 6.87. The van der Waals surface area contributed by atoms with Gasteiger partial charge in [0, 0.05) is 44.3 Å². The average Bonchev–Trinajstić information content (AvgIpc) is 3.62. The highest BCUT2D eigenvalue weighted by Gasteiger charge is 2.19. The normalized spacial score (nSPS) is 12.4. The number of fused-ring (bicyclic) bond motifs is 7. The van der Waals surface area contributed by atoms with Crippen LogP contribution in [-0.4, -0.2) is 8.97 Å². The number of hydrogen-bond acceptors (Lipinski definition) is 1. The van der Waals surface area contributed by atoms with E-state index in [1.54, 1.807) is 0 Å². The van der Waals surface area contributed by atoms with E-state index >= 15 is 0 Å². The molecule has 2 aromatic heterocycles. The molecule has 3 heteroatoms. The van der Waals surface area contributed by atoms with Gasteiger partial charge in [-0.15, -0.1) is 0 Å². The third-order valence-electron chi connectivity index (χ3n) is 11.5. The average molecular weight is 730 g/mol. The zero-order valence-corrected chi connectivity index (χ0v) is 31.5. The lowest BCUT2D eigenvalue weighted by atomic mass is 10.0. The number of aromatic nitrogens is 2. The van der Waals surface area contributed by atoms with Crippen LogP contribution in [0.4, 0.5) is 17.1 Å². The highest BCUT2D eigenvalue weighted by molar-refractivity contribution is 6.19. The second kappa shape index (κ2) is 13.7. The van der Waals surface area contributed by atoms with E-state index in [1.165, 1.54) is 71.0 Å². The number of nitrogens with zero attached hydrogens (tertiary/aromatic N) is 3. The van der Waals surface area contributed by atoms with Crippen LogP contribution in [0.2, 0.25) is 0 Å². The molecule has 0 saturated heterocycles. The van der Waals surface area contributed by atoms with Crippen LogP contribution in [-0.2, 0) is 0 Å². The van der Waals surface area contributed by atoms with Gasteiger partial charge in [-0.05, 0) is 95.8 Å². The third kappa shape index (κ3) is 5.58. The SMILES string of the molecule is C1=c2c(n3c4ccc(N(c5ccc(-c6ccccc6)cc5)c5ccc(-c6ccccc6)cc5)cc4c4cccc(c5ccccc5n2-c2ccccc2)c43)=CCC1. The van der Waals surface area contributed by atoms with Crippen molar-refractivity contribution in [2.24, 2.45) is 0 Å². The molecule has 10 aromatic rings. The Morgan fingerprint density at radius 1 is 0.351 bits per heavy atom. The maximum Gasteiger partial charge on any atom is 0.0660 e. The van der Waals surface area contributed by atoms with Gasteiger partial charge in [0.1, 0.15) is 0 Å². The van der Waals surface area contributed by atoms with E-state index in [2.05, 4.69) is 226 Å². The molecule has 0 atom stereocenters. The largest absolute Gasteiger partial charge is 0.310 e. The van der Waals surface area contributed by atoms with Crippen molar-refractivity contribution in [1.29, 1.82) is 0 Å². The molecule has 270 valence electrons. The molecule has 3 nitrogen and oxygen atoms in total. The van der Waals surface area contributed by atoms with E-state index < -0.39 is 0 Å². The van der Waals surface area contributed by atoms with E-state index in [-0.39, 0.29) is 0 Å². The van der Waals surface area contributed by atoms with Gasteiger partial charge in [0.05, 0.1) is 27.2 Å². The summed E-state index contributed by atoms with van der Waals surface area (Å²) < 4.78 is 5.00. The predicted molar refractivity (Wildman–Crippen MR) is 241 cm³/mol. The van der Waals surface area contributed by atoms with Crippen molar-refractivity contribution in [2.45, 2.75) is 12.8 Å². The topological polar surface area (TPSA) is 12.6 Å². The fourth-order valence-corrected chi connectivity index (χ4v) is 8.92. The van der Waals surface area contributed by atoms with Crippen LogP contribution in [0.5, 0.6) is 0 Å². The van der Waals surface area contributed by atoms with Gasteiger partial charge in [0.15, 0.2) is 0 Å². The molecular weight excluding hydrogens is 691 g/mol. The summed E-state index contributed by atoms with van der Waals surface area (Å²) in [7, 11) is 0. The van der Waals surface area contributed by atoms with Crippen LogP contribution in [0, 0.1) is 0 Å². The first-order valence-electron chi connectivity index (χ1n) is 19.8. The van der Waals surface area contributed by atoms with Crippen molar-refractivity contribution in [1.82, 2.24) is 8.97 Å². The minimum Gasteiger partial charge on any atom is -0.310 e. The molecule has 0 bridgehead atoms. The zero-order valence-electron chi connectivity index (χ0n) is 31.5. The Morgan fingerprint density at radius 2 is 0.842 bits per heavy atom. The summed E-state index contributed by atoms with van der Waals surface area (Å²) in [5, 5.41) is 7.38. The first kappa shape index (κ1) is 33.0. The standard InChI is InChI=1S/C54H39N3/c1-4-15-38(16-5-1)40-27-31-43(32-28-40)55(44-33-29-41(30-34-44)39-17-6-2-7-18-39)45-35-36-51-49(37-45)48-23-14-22-47-46-21-10-11-24-50(46)56(42-19-8-3-9-20-42)52-25-12-13-26-53(52)57(51)54(47)48/h1-11,14-37H,12-13H2. The molecule has 0 saturated carbocycles. The lowest BCUT2D eigenvalue weighted by Crippen LogP contribution is -2.39. The van der Waals surface area contributed by atoms with Crippen molar-refractivity contribution < 1.29 is 0 Å². The lowest BCUT2D eigenvalue weighted by Gasteiger charge is -2.26. The van der Waals surface area contributed by atoms with Crippen molar-refractivity contribution in [2.75, 3.05) is 4.90 Å². The molecule has 0 aliphatic heterocycles. The molecular formula is C54H39N3. The van der Waals surface area contributed by atoms with Gasteiger partial charge in [-0.2, -0.15) is 0 Å². The molecule has 0 fully saturated rings. The monoisotopic (exact) mass is 729 g/mol. The maximum absolute atomic E-state index is 2.54. The molecule has 2 heterocycles. The number of anilines is 3. The number of benzene rings is 8. The molecule has 57 heavy (non-hydrogen) atoms. The first-order valence-corrected chi connectivity index (χ1v) is 19.8. The Morgan fingerprint density at radius 3 is 1.47 bits per heavy atom. The summed E-state index contributed by atoms with van der Waals surface area (Å²) in [6.45, 7) is 0. The second-order valence-electron chi connectivity index (χ2n) is 14.8. The molecule has 0 amide bonds. The van der Waals surface area contributed by atoms with Crippen LogP contribution in [0.15, 0.2) is 200 Å². The van der Waals surface area contributed by atoms with Gasteiger partial charge in [-0.25, -0.2) is 0 Å². The number of hydrogen-bond donors (Lipinski definition) is 0. The molecule has 0 radical (unpaired) electrons. The third-order valence-corrected chi connectivity index (χ3v) is 11.5. The minimum absolute atomic E-state index is 0.996. The van der Waals surface area contributed by atoms with E-state index in [0.717, 1.165) is 35.6 Å². The molecule has 1 aliphatic carbocycles. The van der Waals surface area contributed by atoms with Gasteiger partial charge in [0.25, 0.3) is 0 Å². The summed E-state index contributed by atoms with van der Waals surface area (Å²) in [5.74, 6) is 0. The summed E-state index contributed by atoms with van der Waals surface area (Å²) in [6, 6.07) is 72.8. The van der Waals surface area contributed by atoms with E-state index in [4.69, 9.17) is 0 Å². The number of para-hydroxylation sites is 3. The fraction of sp³-hybridized carbons (Fsp3) is 0.0370. The van der Waals surface area contributed by atoms with Gasteiger partial charge < -0.3 is 13.9 Å². The van der Waals surface area contributed by atoms with Gasteiger partial charge >= 0.3 is 0 Å². The number of rotatable bonds is 6. The molecule has 11 rings (SSSR count). The first-order chi connectivity index (χ1) is 28.3. The van der Waals surface area contributed by atoms with Gasteiger partial charge in [-0.1, -0.05) is 152 Å². The van der Waals surface area contributed by atoms with Crippen molar-refractivity contribution in [3.05, 3.63) is 211 Å². The Labute approximate surface area is 331 Å². The molecule has 1 aliphatic rings. The molecule has 8 aromatic carbocycles. The quantitative estimate of drug-likeness (QED) is 0.166. The van der Waals surface area contributed by atoms with Gasteiger partial charge in [-0.3, -0.25) is 0 Å². The second-order valence-corrected chi connectivity index (χ2v) is 14.8. The van der Waals surface area contributed by atoms with Gasteiger partial charge in [0.2, 0.25) is 0 Å². The van der Waals surface area contributed by atoms with E-state index in [0.29, 0.717) is 0 Å². The Bertz CT molecular complexity index is 3170. The Hall–Kier alpha value is -7.36. The molecule has 0 spiro atoms. The van der Waals surface area contributed by atoms with Crippen molar-refractivity contribution >= 4 is 67.3 Å². The highest BCUT2D eigenvalue weighted by Crippen LogP contribution is 2.41. The van der Waals surface area contributed by atoms with E-state index in [1.807, 2.05) is 0 Å². The zero-order chi connectivity index (χ0) is 37.7.